The maximum absolute atomic E-state index is 13.0. The van der Waals surface area contributed by atoms with Crippen molar-refractivity contribution in [3.05, 3.63) is 35.6 Å². The summed E-state index contributed by atoms with van der Waals surface area (Å²) in [5.41, 5.74) is 0.940. The molecule has 5 nitrogen and oxygen atoms in total. The Hall–Kier alpha value is -0.930. The van der Waals surface area contributed by atoms with Crippen LogP contribution in [0.15, 0.2) is 29.3 Å². The van der Waals surface area contributed by atoms with Gasteiger partial charge in [0, 0.05) is 33.3 Å². The van der Waals surface area contributed by atoms with Crippen LogP contribution in [0.2, 0.25) is 0 Å². The van der Waals surface area contributed by atoms with Crippen LogP contribution in [-0.4, -0.2) is 57.2 Å². The van der Waals surface area contributed by atoms with Crippen LogP contribution in [0.1, 0.15) is 31.4 Å². The summed E-state index contributed by atoms with van der Waals surface area (Å²) in [6.07, 6.45) is 2.35. The Morgan fingerprint density at radius 2 is 2.08 bits per heavy atom. The second-order valence-corrected chi connectivity index (χ2v) is 6.03. The number of guanidine groups is 1. The highest BCUT2D eigenvalue weighted by Gasteiger charge is 2.22. The molecule has 1 aliphatic rings. The number of likely N-dealkylation sites (tertiary alicyclic amines) is 1. The van der Waals surface area contributed by atoms with Gasteiger partial charge in [-0.2, -0.15) is 0 Å². The van der Waals surface area contributed by atoms with Crippen molar-refractivity contribution in [3.63, 3.8) is 0 Å². The minimum absolute atomic E-state index is 0. The smallest absolute Gasteiger partial charge is 0.191 e. The Balaban J connectivity index is 0.00000312. The van der Waals surface area contributed by atoms with Gasteiger partial charge in [-0.3, -0.25) is 9.89 Å². The van der Waals surface area contributed by atoms with Gasteiger partial charge in [0.15, 0.2) is 5.96 Å². The first-order valence-corrected chi connectivity index (χ1v) is 8.64. The van der Waals surface area contributed by atoms with Crippen molar-refractivity contribution in [3.8, 4) is 0 Å². The Labute approximate surface area is 167 Å². The Morgan fingerprint density at radius 1 is 1.36 bits per heavy atom. The number of rotatable bonds is 7. The highest BCUT2D eigenvalue weighted by molar-refractivity contribution is 14.0. The lowest BCUT2D eigenvalue weighted by Crippen LogP contribution is -2.45. The van der Waals surface area contributed by atoms with Gasteiger partial charge in [-0.15, -0.1) is 24.0 Å². The highest BCUT2D eigenvalue weighted by atomic mass is 127. The average molecular weight is 464 g/mol. The number of methoxy groups -OCH3 is 1. The third kappa shape index (κ3) is 6.71. The highest BCUT2D eigenvalue weighted by Crippen LogP contribution is 2.17. The molecule has 1 aliphatic heterocycles. The van der Waals surface area contributed by atoms with Crippen molar-refractivity contribution in [2.45, 2.75) is 31.9 Å². The molecular formula is C18H30FIN4O. The topological polar surface area (TPSA) is 48.9 Å². The van der Waals surface area contributed by atoms with Gasteiger partial charge < -0.3 is 15.4 Å². The van der Waals surface area contributed by atoms with E-state index in [0.29, 0.717) is 12.6 Å². The third-order valence-electron chi connectivity index (χ3n) is 4.62. The van der Waals surface area contributed by atoms with E-state index in [1.54, 1.807) is 26.3 Å². The normalized spacial score (nSPS) is 19.4. The van der Waals surface area contributed by atoms with E-state index >= 15 is 0 Å². The largest absolute Gasteiger partial charge is 0.375 e. The van der Waals surface area contributed by atoms with Crippen LogP contribution in [0.4, 0.5) is 4.39 Å². The first-order valence-electron chi connectivity index (χ1n) is 8.64. The van der Waals surface area contributed by atoms with Crippen molar-refractivity contribution in [1.82, 2.24) is 15.5 Å². The Kier molecular flexibility index (Phi) is 10.3. The number of aliphatic imine (C=N–C) groups is 1. The summed E-state index contributed by atoms with van der Waals surface area (Å²) in [7, 11) is 3.42. The fourth-order valence-corrected chi connectivity index (χ4v) is 3.18. The summed E-state index contributed by atoms with van der Waals surface area (Å²) < 4.78 is 18.5. The van der Waals surface area contributed by atoms with Gasteiger partial charge >= 0.3 is 0 Å². The molecule has 0 saturated carbocycles. The van der Waals surface area contributed by atoms with Crippen molar-refractivity contribution in [2.75, 3.05) is 40.3 Å². The standard InChI is InChI=1S/C18H29FN4O.HI/c1-4-23-11-5-6-16(23)12-21-18(20-2)22-13-17(24-3)14-7-9-15(19)10-8-14;/h7-10,16-17H,4-6,11-13H2,1-3H3,(H2,20,21,22);1H. The predicted molar refractivity (Wildman–Crippen MR) is 111 cm³/mol. The summed E-state index contributed by atoms with van der Waals surface area (Å²) in [5, 5.41) is 6.69. The SMILES string of the molecule is CCN1CCCC1CNC(=NC)NCC(OC)c1ccc(F)cc1.I. The number of ether oxygens (including phenoxy) is 1. The predicted octanol–water partition coefficient (Wildman–Crippen LogP) is 2.78. The van der Waals surface area contributed by atoms with E-state index in [2.05, 4.69) is 27.4 Å². The van der Waals surface area contributed by atoms with Crippen LogP contribution in [0.3, 0.4) is 0 Å². The molecule has 2 atom stereocenters. The van der Waals surface area contributed by atoms with Crippen LogP contribution in [0, 0.1) is 5.82 Å². The minimum Gasteiger partial charge on any atom is -0.375 e. The molecule has 0 bridgehead atoms. The van der Waals surface area contributed by atoms with Gasteiger partial charge in [-0.25, -0.2) is 4.39 Å². The summed E-state index contributed by atoms with van der Waals surface area (Å²) in [6.45, 7) is 5.95. The molecule has 25 heavy (non-hydrogen) atoms. The number of nitrogens with one attached hydrogen (secondary N) is 2. The summed E-state index contributed by atoms with van der Waals surface area (Å²) in [4.78, 5) is 6.77. The van der Waals surface area contributed by atoms with E-state index in [1.807, 2.05) is 0 Å². The second kappa shape index (κ2) is 11.6. The van der Waals surface area contributed by atoms with Crippen LogP contribution >= 0.6 is 24.0 Å². The van der Waals surface area contributed by atoms with E-state index in [9.17, 15) is 4.39 Å². The Bertz CT molecular complexity index is 526. The van der Waals surface area contributed by atoms with Crippen molar-refractivity contribution < 1.29 is 9.13 Å². The average Bonchev–Trinajstić information content (AvgIpc) is 3.07. The van der Waals surface area contributed by atoms with Gasteiger partial charge in [0.25, 0.3) is 0 Å². The zero-order valence-corrected chi connectivity index (χ0v) is 17.6. The lowest BCUT2D eigenvalue weighted by atomic mass is 10.1. The number of likely N-dealkylation sites (N-methyl/N-ethyl adjacent to an activating group) is 1. The van der Waals surface area contributed by atoms with Crippen molar-refractivity contribution in [1.29, 1.82) is 0 Å². The first-order chi connectivity index (χ1) is 11.7. The van der Waals surface area contributed by atoms with Crippen molar-refractivity contribution in [2.24, 2.45) is 4.99 Å². The molecule has 1 fully saturated rings. The van der Waals surface area contributed by atoms with Gasteiger partial charge in [-0.05, 0) is 43.6 Å². The van der Waals surface area contributed by atoms with Gasteiger partial charge in [0.1, 0.15) is 5.82 Å². The number of hydrogen-bond donors (Lipinski definition) is 2. The minimum atomic E-state index is -0.240. The van der Waals surface area contributed by atoms with Crippen LogP contribution < -0.4 is 10.6 Å². The molecule has 0 aromatic heterocycles. The molecule has 0 aliphatic carbocycles. The number of benzene rings is 1. The molecule has 1 aromatic rings. The zero-order chi connectivity index (χ0) is 17.4. The first kappa shape index (κ1) is 22.1. The second-order valence-electron chi connectivity index (χ2n) is 6.03. The van der Waals surface area contributed by atoms with E-state index in [-0.39, 0.29) is 35.9 Å². The van der Waals surface area contributed by atoms with Crippen LogP contribution in [0.5, 0.6) is 0 Å². The third-order valence-corrected chi connectivity index (χ3v) is 4.62. The summed E-state index contributed by atoms with van der Waals surface area (Å²) >= 11 is 0. The van der Waals surface area contributed by atoms with E-state index < -0.39 is 0 Å². The molecule has 2 rings (SSSR count). The number of halogens is 2. The summed E-state index contributed by atoms with van der Waals surface area (Å²) in [5.74, 6) is 0.526. The molecule has 2 N–H and O–H groups in total. The number of nitrogens with zero attached hydrogens (tertiary/aromatic N) is 2. The van der Waals surface area contributed by atoms with Gasteiger partial charge in [-0.1, -0.05) is 19.1 Å². The number of hydrogen-bond acceptors (Lipinski definition) is 3. The Morgan fingerprint density at radius 3 is 2.68 bits per heavy atom. The lowest BCUT2D eigenvalue weighted by Gasteiger charge is -2.24. The molecule has 7 heteroatoms. The fraction of sp³-hybridized carbons (Fsp3) is 0.611. The molecule has 0 radical (unpaired) electrons. The molecule has 0 amide bonds. The summed E-state index contributed by atoms with van der Waals surface area (Å²) in [6, 6.07) is 6.98. The van der Waals surface area contributed by atoms with E-state index in [4.69, 9.17) is 4.74 Å². The quantitative estimate of drug-likeness (QED) is 0.370. The van der Waals surface area contributed by atoms with E-state index in [0.717, 1.165) is 24.6 Å². The molecule has 1 saturated heterocycles. The fourth-order valence-electron chi connectivity index (χ4n) is 3.18. The maximum Gasteiger partial charge on any atom is 0.191 e. The van der Waals surface area contributed by atoms with E-state index in [1.165, 1.54) is 31.5 Å². The molecule has 142 valence electrons. The lowest BCUT2D eigenvalue weighted by molar-refractivity contribution is 0.106. The monoisotopic (exact) mass is 464 g/mol. The molecular weight excluding hydrogens is 434 g/mol. The molecule has 2 unspecified atom stereocenters. The molecule has 1 aromatic carbocycles. The van der Waals surface area contributed by atoms with Crippen molar-refractivity contribution >= 4 is 29.9 Å². The zero-order valence-electron chi connectivity index (χ0n) is 15.3. The van der Waals surface area contributed by atoms with Crippen LogP contribution in [0.25, 0.3) is 0 Å². The van der Waals surface area contributed by atoms with Crippen LogP contribution in [-0.2, 0) is 4.74 Å². The molecule has 0 spiro atoms. The van der Waals surface area contributed by atoms with Gasteiger partial charge in [0.05, 0.1) is 6.10 Å². The molecule has 1 heterocycles. The maximum atomic E-state index is 13.0. The van der Waals surface area contributed by atoms with Gasteiger partial charge in [0.2, 0.25) is 0 Å².